The first-order valence-electron chi connectivity index (χ1n) is 9.74. The van der Waals surface area contributed by atoms with Gasteiger partial charge in [-0.25, -0.2) is 0 Å². The van der Waals surface area contributed by atoms with Gasteiger partial charge in [-0.05, 0) is 29.8 Å². The molecule has 1 unspecified atom stereocenters. The molecular weight excluding hydrogens is 398 g/mol. The highest BCUT2D eigenvalue weighted by Crippen LogP contribution is 2.23. The number of aromatic nitrogens is 2. The summed E-state index contributed by atoms with van der Waals surface area (Å²) in [7, 11) is 0. The Morgan fingerprint density at radius 3 is 2.57 bits per heavy atom. The number of rotatable bonds is 6. The molecule has 0 radical (unpaired) electrons. The minimum absolute atomic E-state index is 0.255. The fourth-order valence-electron chi connectivity index (χ4n) is 3.24. The average molecular weight is 420 g/mol. The van der Waals surface area contributed by atoms with Gasteiger partial charge in [-0.15, -0.1) is 5.10 Å². The Kier molecular flexibility index (Phi) is 6.30. The summed E-state index contributed by atoms with van der Waals surface area (Å²) < 4.78 is 5.97. The molecule has 30 heavy (non-hydrogen) atoms. The highest BCUT2D eigenvalue weighted by Gasteiger charge is 2.24. The van der Waals surface area contributed by atoms with Crippen LogP contribution < -0.4 is 10.2 Å². The quantitative estimate of drug-likeness (QED) is 0.655. The molecule has 1 aromatic heterocycles. The Balaban J connectivity index is 1.55. The van der Waals surface area contributed by atoms with Gasteiger partial charge < -0.3 is 14.6 Å². The van der Waals surface area contributed by atoms with E-state index in [9.17, 15) is 4.79 Å². The number of carbonyl (C=O) groups excluding carboxylic acids is 1. The molecule has 1 N–H and O–H groups in total. The van der Waals surface area contributed by atoms with Crippen molar-refractivity contribution in [1.82, 2.24) is 15.5 Å². The maximum atomic E-state index is 12.8. The number of nitrogens with zero attached hydrogens (tertiary/aromatic N) is 4. The SMILES string of the molecule is N#Cc1ccc(C(=O)NC(Cc2ccccc2)c2nnc(N3CCSCC3)o2)cc1. The molecule has 0 bridgehead atoms. The van der Waals surface area contributed by atoms with Crippen LogP contribution in [0.1, 0.15) is 33.4 Å². The third kappa shape index (κ3) is 4.81. The van der Waals surface area contributed by atoms with E-state index in [2.05, 4.69) is 26.5 Å². The summed E-state index contributed by atoms with van der Waals surface area (Å²) in [5.74, 6) is 2.19. The minimum atomic E-state index is -0.462. The van der Waals surface area contributed by atoms with Crippen LogP contribution in [0.2, 0.25) is 0 Å². The minimum Gasteiger partial charge on any atom is -0.406 e. The molecule has 7 nitrogen and oxygen atoms in total. The monoisotopic (exact) mass is 419 g/mol. The molecule has 152 valence electrons. The first-order chi connectivity index (χ1) is 14.7. The van der Waals surface area contributed by atoms with Gasteiger partial charge in [-0.3, -0.25) is 4.79 Å². The van der Waals surface area contributed by atoms with Crippen molar-refractivity contribution in [3.8, 4) is 6.07 Å². The van der Waals surface area contributed by atoms with Crippen LogP contribution >= 0.6 is 11.8 Å². The van der Waals surface area contributed by atoms with Crippen LogP contribution in [0.15, 0.2) is 59.0 Å². The molecule has 2 heterocycles. The predicted molar refractivity (Wildman–Crippen MR) is 115 cm³/mol. The van der Waals surface area contributed by atoms with E-state index in [1.165, 1.54) is 0 Å². The summed E-state index contributed by atoms with van der Waals surface area (Å²) in [5.41, 5.74) is 2.03. The third-order valence-electron chi connectivity index (χ3n) is 4.87. The van der Waals surface area contributed by atoms with Crippen LogP contribution in [0.3, 0.4) is 0 Å². The van der Waals surface area contributed by atoms with E-state index in [0.717, 1.165) is 30.2 Å². The van der Waals surface area contributed by atoms with Gasteiger partial charge in [0.15, 0.2) is 0 Å². The number of benzene rings is 2. The third-order valence-corrected chi connectivity index (χ3v) is 5.82. The van der Waals surface area contributed by atoms with Gasteiger partial charge in [0.2, 0.25) is 5.89 Å². The molecule has 3 aromatic rings. The molecule has 1 atom stereocenters. The Hall–Kier alpha value is -3.31. The van der Waals surface area contributed by atoms with E-state index in [4.69, 9.17) is 9.68 Å². The molecule has 0 saturated carbocycles. The Labute approximate surface area is 179 Å². The van der Waals surface area contributed by atoms with E-state index >= 15 is 0 Å². The Bertz CT molecular complexity index is 1020. The molecule has 8 heteroatoms. The standard InChI is InChI=1S/C22H21N5O2S/c23-15-17-6-8-18(9-7-17)20(28)24-19(14-16-4-2-1-3-5-16)21-25-26-22(29-21)27-10-12-30-13-11-27/h1-9,19H,10-14H2,(H,24,28). The zero-order valence-corrected chi connectivity index (χ0v) is 17.1. The molecule has 0 aliphatic carbocycles. The number of anilines is 1. The zero-order valence-electron chi connectivity index (χ0n) is 16.3. The van der Waals surface area contributed by atoms with Crippen molar-refractivity contribution >= 4 is 23.7 Å². The van der Waals surface area contributed by atoms with Crippen molar-refractivity contribution < 1.29 is 9.21 Å². The molecular formula is C22H21N5O2S. The normalized spacial score (nSPS) is 14.7. The van der Waals surface area contributed by atoms with Crippen molar-refractivity contribution in [1.29, 1.82) is 5.26 Å². The highest BCUT2D eigenvalue weighted by atomic mass is 32.2. The van der Waals surface area contributed by atoms with Crippen LogP contribution in [0.5, 0.6) is 0 Å². The van der Waals surface area contributed by atoms with Gasteiger partial charge in [0.25, 0.3) is 5.91 Å². The Morgan fingerprint density at radius 2 is 1.87 bits per heavy atom. The second kappa shape index (κ2) is 9.46. The van der Waals surface area contributed by atoms with Crippen LogP contribution in [0.4, 0.5) is 6.01 Å². The summed E-state index contributed by atoms with van der Waals surface area (Å²) in [5, 5.41) is 20.4. The number of nitriles is 1. The second-order valence-corrected chi connectivity index (χ2v) is 8.15. The second-order valence-electron chi connectivity index (χ2n) is 6.93. The summed E-state index contributed by atoms with van der Waals surface area (Å²) in [6.45, 7) is 1.74. The van der Waals surface area contributed by atoms with E-state index in [0.29, 0.717) is 29.5 Å². The largest absolute Gasteiger partial charge is 0.406 e. The number of carbonyl (C=O) groups is 1. The van der Waals surface area contributed by atoms with Gasteiger partial charge >= 0.3 is 6.01 Å². The average Bonchev–Trinajstić information content (AvgIpc) is 3.30. The maximum Gasteiger partial charge on any atom is 0.318 e. The molecule has 1 saturated heterocycles. The van der Waals surface area contributed by atoms with Gasteiger partial charge in [-0.1, -0.05) is 35.4 Å². The van der Waals surface area contributed by atoms with Crippen LogP contribution in [0, 0.1) is 11.3 Å². The fraction of sp³-hybridized carbons (Fsp3) is 0.273. The number of hydrogen-bond donors (Lipinski definition) is 1. The lowest BCUT2D eigenvalue weighted by atomic mass is 10.0. The number of amides is 1. The van der Waals surface area contributed by atoms with E-state index in [-0.39, 0.29) is 5.91 Å². The molecule has 1 aliphatic heterocycles. The van der Waals surface area contributed by atoms with E-state index in [1.54, 1.807) is 24.3 Å². The van der Waals surface area contributed by atoms with Crippen molar-refractivity contribution in [2.45, 2.75) is 12.5 Å². The lowest BCUT2D eigenvalue weighted by molar-refractivity contribution is 0.0930. The topological polar surface area (TPSA) is 95.0 Å². The van der Waals surface area contributed by atoms with E-state index in [1.807, 2.05) is 42.1 Å². The summed E-state index contributed by atoms with van der Waals surface area (Å²) in [4.78, 5) is 14.9. The number of nitrogens with one attached hydrogen (secondary N) is 1. The molecule has 1 fully saturated rings. The first-order valence-corrected chi connectivity index (χ1v) is 10.9. The first kappa shape index (κ1) is 20.0. The molecule has 0 spiro atoms. The summed E-state index contributed by atoms with van der Waals surface area (Å²) >= 11 is 1.91. The Morgan fingerprint density at radius 1 is 1.13 bits per heavy atom. The van der Waals surface area contributed by atoms with Crippen LogP contribution in [-0.2, 0) is 6.42 Å². The number of hydrogen-bond acceptors (Lipinski definition) is 7. The molecule has 1 aliphatic rings. The van der Waals surface area contributed by atoms with E-state index < -0.39 is 6.04 Å². The van der Waals surface area contributed by atoms with Crippen molar-refractivity contribution in [2.24, 2.45) is 0 Å². The van der Waals surface area contributed by atoms with Gasteiger partial charge in [-0.2, -0.15) is 17.0 Å². The van der Waals surface area contributed by atoms with Crippen molar-refractivity contribution in [2.75, 3.05) is 29.5 Å². The van der Waals surface area contributed by atoms with Gasteiger partial charge in [0.05, 0.1) is 11.6 Å². The molecule has 4 rings (SSSR count). The fourth-order valence-corrected chi connectivity index (χ4v) is 4.14. The zero-order chi connectivity index (χ0) is 20.8. The van der Waals surface area contributed by atoms with Crippen molar-refractivity contribution in [3.63, 3.8) is 0 Å². The molecule has 1 amide bonds. The molecule has 2 aromatic carbocycles. The lowest BCUT2D eigenvalue weighted by Crippen LogP contribution is -2.32. The van der Waals surface area contributed by atoms with Gasteiger partial charge in [0.1, 0.15) is 6.04 Å². The van der Waals surface area contributed by atoms with Crippen LogP contribution in [-0.4, -0.2) is 40.7 Å². The maximum absolute atomic E-state index is 12.8. The van der Waals surface area contributed by atoms with Crippen LogP contribution in [0.25, 0.3) is 0 Å². The summed E-state index contributed by atoms with van der Waals surface area (Å²) in [6, 6.07) is 18.5. The lowest BCUT2D eigenvalue weighted by Gasteiger charge is -2.24. The predicted octanol–water partition coefficient (Wildman–Crippen LogP) is 3.21. The summed E-state index contributed by atoms with van der Waals surface area (Å²) in [6.07, 6.45) is 0.528. The highest BCUT2D eigenvalue weighted by molar-refractivity contribution is 7.99. The smallest absolute Gasteiger partial charge is 0.318 e. The van der Waals surface area contributed by atoms with Gasteiger partial charge in [0, 0.05) is 36.6 Å². The number of thioether (sulfide) groups is 1. The van der Waals surface area contributed by atoms with Crippen molar-refractivity contribution in [3.05, 3.63) is 77.2 Å².